The number of hydrogen-bond donors (Lipinski definition) is 2. The van der Waals surface area contributed by atoms with E-state index >= 15 is 0 Å². The highest BCUT2D eigenvalue weighted by atomic mass is 16.6. The lowest BCUT2D eigenvalue weighted by Gasteiger charge is -2.51. The maximum Gasteiger partial charge on any atom is 0.339 e. The molecule has 7 atom stereocenters. The molecule has 0 amide bonds. The number of carbonyl (C=O) groups is 2. The van der Waals surface area contributed by atoms with Crippen LogP contribution in [0, 0.1) is 23.2 Å². The first-order valence-corrected chi connectivity index (χ1v) is 7.55. The van der Waals surface area contributed by atoms with Gasteiger partial charge in [-0.2, -0.15) is 0 Å². The molecule has 6 heteroatoms. The predicted molar refractivity (Wildman–Crippen MR) is 68.8 cm³/mol. The van der Waals surface area contributed by atoms with Crippen molar-refractivity contribution in [2.24, 2.45) is 23.2 Å². The fraction of sp³-hybridized carbons (Fsp3) is 0.867. The number of ether oxygens (including phenoxy) is 2. The molecule has 2 bridgehead atoms. The van der Waals surface area contributed by atoms with Crippen molar-refractivity contribution in [2.75, 3.05) is 0 Å². The lowest BCUT2D eigenvalue weighted by atomic mass is 9.53. The highest BCUT2D eigenvalue weighted by molar-refractivity contribution is 5.87. The first-order chi connectivity index (χ1) is 9.69. The molecule has 116 valence electrons. The predicted octanol–water partition coefficient (Wildman–Crippen LogP) is 0.00150. The number of fused-ring (bicyclic) bond motifs is 4. The molecule has 2 saturated heterocycles. The number of rotatable bonds is 1. The molecule has 2 aliphatic carbocycles. The molecule has 0 radical (unpaired) electrons. The molecular formula is C15H20O6. The van der Waals surface area contributed by atoms with Crippen LogP contribution in [-0.2, 0) is 19.1 Å². The van der Waals surface area contributed by atoms with Crippen LogP contribution in [0.5, 0.6) is 0 Å². The Morgan fingerprint density at radius 2 is 1.86 bits per heavy atom. The third kappa shape index (κ3) is 1.10. The summed E-state index contributed by atoms with van der Waals surface area (Å²) in [4.78, 5) is 24.5. The molecule has 0 unspecified atom stereocenters. The van der Waals surface area contributed by atoms with Crippen molar-refractivity contribution in [1.29, 1.82) is 0 Å². The average Bonchev–Trinajstić information content (AvgIpc) is 2.86. The molecule has 0 aromatic rings. The van der Waals surface area contributed by atoms with E-state index in [0.29, 0.717) is 6.42 Å². The molecular weight excluding hydrogens is 276 g/mol. The second-order valence-corrected chi connectivity index (χ2v) is 7.49. The summed E-state index contributed by atoms with van der Waals surface area (Å²) < 4.78 is 10.8. The minimum absolute atomic E-state index is 0.212. The highest BCUT2D eigenvalue weighted by Crippen LogP contribution is 2.68. The van der Waals surface area contributed by atoms with E-state index in [1.165, 1.54) is 0 Å². The summed E-state index contributed by atoms with van der Waals surface area (Å²) in [5.74, 6) is -2.30. The molecule has 21 heavy (non-hydrogen) atoms. The summed E-state index contributed by atoms with van der Waals surface area (Å²) in [5.41, 5.74) is -3.78. The zero-order chi connectivity index (χ0) is 15.4. The number of aliphatic hydroxyl groups is 2. The van der Waals surface area contributed by atoms with E-state index in [9.17, 15) is 19.8 Å². The second-order valence-electron chi connectivity index (χ2n) is 7.49. The Kier molecular flexibility index (Phi) is 2.21. The molecule has 0 aromatic carbocycles. The number of esters is 2. The molecule has 2 heterocycles. The minimum atomic E-state index is -1.56. The number of hydrogen-bond acceptors (Lipinski definition) is 6. The van der Waals surface area contributed by atoms with Crippen LogP contribution in [0.1, 0.15) is 33.6 Å². The Morgan fingerprint density at radius 1 is 1.19 bits per heavy atom. The van der Waals surface area contributed by atoms with E-state index in [-0.39, 0.29) is 18.3 Å². The molecule has 6 nitrogen and oxygen atoms in total. The van der Waals surface area contributed by atoms with Gasteiger partial charge in [0.1, 0.15) is 5.60 Å². The molecule has 0 spiro atoms. The van der Waals surface area contributed by atoms with Crippen LogP contribution in [-0.4, -0.2) is 45.6 Å². The van der Waals surface area contributed by atoms with Crippen LogP contribution in [0.4, 0.5) is 0 Å². The largest absolute Gasteiger partial charge is 0.455 e. The van der Waals surface area contributed by atoms with Crippen molar-refractivity contribution >= 4 is 11.9 Å². The molecule has 2 aliphatic heterocycles. The Bertz CT molecular complexity index is 554. The van der Waals surface area contributed by atoms with Gasteiger partial charge in [0, 0.05) is 0 Å². The standard InChI is InChI=1S/C15H20O6/c1-6(2)15(19)8-7-4-5-14(18)12(17)21-9(13(7,14)3)10(15)20-11(8)16/h6-10,18-19H,4-5H2,1-3H3/t7-,8+,9+,10+,13-,14-,15+/m0/s1. The van der Waals surface area contributed by atoms with Crippen molar-refractivity contribution in [1.82, 2.24) is 0 Å². The summed E-state index contributed by atoms with van der Waals surface area (Å²) in [6.45, 7) is 5.47. The van der Waals surface area contributed by atoms with Gasteiger partial charge in [-0.1, -0.05) is 20.8 Å². The fourth-order valence-electron chi connectivity index (χ4n) is 5.37. The maximum atomic E-state index is 12.3. The van der Waals surface area contributed by atoms with Crippen LogP contribution in [0.25, 0.3) is 0 Å². The molecule has 0 aromatic heterocycles. The van der Waals surface area contributed by atoms with Gasteiger partial charge in [-0.25, -0.2) is 4.79 Å². The molecule has 4 aliphatic rings. The third-order valence-corrected chi connectivity index (χ3v) is 6.69. The Morgan fingerprint density at radius 3 is 2.48 bits per heavy atom. The Balaban J connectivity index is 1.94. The molecule has 2 saturated carbocycles. The van der Waals surface area contributed by atoms with Gasteiger partial charge in [0.25, 0.3) is 0 Å². The van der Waals surface area contributed by atoms with Crippen molar-refractivity contribution < 1.29 is 29.3 Å². The Labute approximate surface area is 122 Å². The monoisotopic (exact) mass is 296 g/mol. The van der Waals surface area contributed by atoms with E-state index in [1.54, 1.807) is 6.92 Å². The topological polar surface area (TPSA) is 93.1 Å². The van der Waals surface area contributed by atoms with Gasteiger partial charge in [-0.3, -0.25) is 4.79 Å². The van der Waals surface area contributed by atoms with E-state index < -0.39 is 46.7 Å². The highest BCUT2D eigenvalue weighted by Gasteiger charge is 2.83. The summed E-state index contributed by atoms with van der Waals surface area (Å²) in [6, 6.07) is 0. The lowest BCUT2D eigenvalue weighted by molar-refractivity contribution is -0.202. The van der Waals surface area contributed by atoms with Crippen molar-refractivity contribution in [2.45, 2.75) is 57.0 Å². The van der Waals surface area contributed by atoms with Crippen molar-refractivity contribution in [3.8, 4) is 0 Å². The normalized spacial score (nSPS) is 57.4. The third-order valence-electron chi connectivity index (χ3n) is 6.69. The van der Waals surface area contributed by atoms with Crippen LogP contribution >= 0.6 is 0 Å². The fourth-order valence-corrected chi connectivity index (χ4v) is 5.37. The van der Waals surface area contributed by atoms with Gasteiger partial charge < -0.3 is 19.7 Å². The SMILES string of the molecule is CC(C)[C@]1(O)[C@@H]2OC(=O)[C@H]1[C@@H]1CC[C@]3(O)C(=O)O[C@H]2[C@]13C. The van der Waals surface area contributed by atoms with E-state index in [4.69, 9.17) is 9.47 Å². The van der Waals surface area contributed by atoms with Gasteiger partial charge in [-0.05, 0) is 24.7 Å². The van der Waals surface area contributed by atoms with Gasteiger partial charge in [-0.15, -0.1) is 0 Å². The van der Waals surface area contributed by atoms with Crippen molar-refractivity contribution in [3.63, 3.8) is 0 Å². The molecule has 4 fully saturated rings. The van der Waals surface area contributed by atoms with Gasteiger partial charge in [0.2, 0.25) is 0 Å². The van der Waals surface area contributed by atoms with Gasteiger partial charge in [0.15, 0.2) is 17.8 Å². The Hall–Kier alpha value is -1.14. The van der Waals surface area contributed by atoms with Gasteiger partial charge in [0.05, 0.1) is 11.3 Å². The molecule has 4 rings (SSSR count). The maximum absolute atomic E-state index is 12.3. The van der Waals surface area contributed by atoms with Gasteiger partial charge >= 0.3 is 11.9 Å². The van der Waals surface area contributed by atoms with Crippen LogP contribution in [0.3, 0.4) is 0 Å². The number of carbonyl (C=O) groups excluding carboxylic acids is 2. The first-order valence-electron chi connectivity index (χ1n) is 7.55. The smallest absolute Gasteiger partial charge is 0.339 e. The van der Waals surface area contributed by atoms with E-state index in [1.807, 2.05) is 13.8 Å². The van der Waals surface area contributed by atoms with Crippen LogP contribution < -0.4 is 0 Å². The van der Waals surface area contributed by atoms with E-state index in [0.717, 1.165) is 0 Å². The summed E-state index contributed by atoms with van der Waals surface area (Å²) in [5, 5.41) is 22.0. The zero-order valence-corrected chi connectivity index (χ0v) is 12.3. The lowest BCUT2D eigenvalue weighted by Crippen LogP contribution is -2.66. The summed E-state index contributed by atoms with van der Waals surface area (Å²) in [6.07, 6.45) is -0.890. The van der Waals surface area contributed by atoms with Crippen LogP contribution in [0.15, 0.2) is 0 Å². The molecule has 2 N–H and O–H groups in total. The summed E-state index contributed by atoms with van der Waals surface area (Å²) in [7, 11) is 0. The second kappa shape index (κ2) is 3.43. The quantitative estimate of drug-likeness (QED) is 0.662. The van der Waals surface area contributed by atoms with E-state index in [2.05, 4.69) is 0 Å². The van der Waals surface area contributed by atoms with Crippen molar-refractivity contribution in [3.05, 3.63) is 0 Å². The summed E-state index contributed by atoms with van der Waals surface area (Å²) >= 11 is 0. The average molecular weight is 296 g/mol. The first kappa shape index (κ1) is 13.5. The zero-order valence-electron chi connectivity index (χ0n) is 12.3. The van der Waals surface area contributed by atoms with Crippen LogP contribution in [0.2, 0.25) is 0 Å². The minimum Gasteiger partial charge on any atom is -0.455 e.